The average Bonchev–Trinajstić information content (AvgIpc) is 2.66. The fraction of sp³-hybridized carbons (Fsp3) is 0.700. The predicted octanol–water partition coefficient (Wildman–Crippen LogP) is 0.239. The van der Waals surface area contributed by atoms with Gasteiger partial charge in [-0.05, 0) is 31.8 Å². The zero-order valence-corrected chi connectivity index (χ0v) is 8.98. The van der Waals surface area contributed by atoms with E-state index in [2.05, 4.69) is 15.5 Å². The Hall–Kier alpha value is -1.43. The van der Waals surface area contributed by atoms with Crippen molar-refractivity contribution in [2.45, 2.75) is 25.7 Å². The molecular weight excluding hydrogens is 210 g/mol. The lowest BCUT2D eigenvalue weighted by molar-refractivity contribution is -0.136. The highest BCUT2D eigenvalue weighted by Crippen LogP contribution is 2.14. The van der Waals surface area contributed by atoms with Gasteiger partial charge in [0.15, 0.2) is 5.82 Å². The molecule has 16 heavy (non-hydrogen) atoms. The van der Waals surface area contributed by atoms with Crippen LogP contribution in [0.2, 0.25) is 0 Å². The summed E-state index contributed by atoms with van der Waals surface area (Å²) in [4.78, 5) is 14.5. The molecule has 1 aliphatic heterocycles. The van der Waals surface area contributed by atoms with Gasteiger partial charge in [-0.15, -0.1) is 0 Å². The molecule has 0 aromatic carbocycles. The van der Waals surface area contributed by atoms with Gasteiger partial charge >= 0.3 is 5.97 Å². The van der Waals surface area contributed by atoms with E-state index in [1.807, 2.05) is 0 Å². The Morgan fingerprint density at radius 3 is 3.19 bits per heavy atom. The molecule has 0 bridgehead atoms. The summed E-state index contributed by atoms with van der Waals surface area (Å²) in [6.07, 6.45) is 2.90. The number of carboxylic acids is 1. The first-order valence-electron chi connectivity index (χ1n) is 5.48. The molecule has 6 nitrogen and oxygen atoms in total. The minimum absolute atomic E-state index is 0.186. The van der Waals surface area contributed by atoms with E-state index in [4.69, 9.17) is 9.63 Å². The van der Waals surface area contributed by atoms with Crippen LogP contribution in [0, 0.1) is 5.92 Å². The third kappa shape index (κ3) is 3.03. The molecule has 0 spiro atoms. The summed E-state index contributed by atoms with van der Waals surface area (Å²) in [5.41, 5.74) is 0. The molecule has 6 heteroatoms. The van der Waals surface area contributed by atoms with Crippen LogP contribution in [0.5, 0.6) is 0 Å². The van der Waals surface area contributed by atoms with Gasteiger partial charge < -0.3 is 14.9 Å². The number of nitrogens with zero attached hydrogens (tertiary/aromatic N) is 2. The van der Waals surface area contributed by atoms with Crippen LogP contribution >= 0.6 is 0 Å². The Kier molecular flexibility index (Phi) is 3.51. The molecular formula is C10H15N3O3. The number of hydrogen-bond donors (Lipinski definition) is 2. The Bertz CT molecular complexity index is 358. The fourth-order valence-electron chi connectivity index (χ4n) is 1.93. The molecule has 2 N–H and O–H groups in total. The molecule has 1 aliphatic rings. The van der Waals surface area contributed by atoms with Crippen molar-refractivity contribution in [1.29, 1.82) is 0 Å². The molecule has 2 rings (SSSR count). The number of carbonyl (C=O) groups is 1. The highest BCUT2D eigenvalue weighted by molar-refractivity contribution is 5.68. The Balaban J connectivity index is 1.88. The third-order valence-corrected chi connectivity index (χ3v) is 2.68. The van der Waals surface area contributed by atoms with Crippen LogP contribution in [0.15, 0.2) is 4.52 Å². The Labute approximate surface area is 93.0 Å². The third-order valence-electron chi connectivity index (χ3n) is 2.68. The maximum Gasteiger partial charge on any atom is 0.312 e. The average molecular weight is 225 g/mol. The topological polar surface area (TPSA) is 88.2 Å². The van der Waals surface area contributed by atoms with Crippen molar-refractivity contribution in [3.05, 3.63) is 11.7 Å². The second kappa shape index (κ2) is 5.07. The number of rotatable bonds is 4. The van der Waals surface area contributed by atoms with Crippen LogP contribution in [-0.2, 0) is 17.6 Å². The minimum atomic E-state index is -0.950. The molecule has 2 heterocycles. The second-order valence-electron chi connectivity index (χ2n) is 4.09. The summed E-state index contributed by atoms with van der Waals surface area (Å²) < 4.78 is 4.85. The van der Waals surface area contributed by atoms with Gasteiger partial charge in [-0.25, -0.2) is 0 Å². The SMILES string of the molecule is O=C(O)Cc1nc(CC2CCCNC2)no1. The summed E-state index contributed by atoms with van der Waals surface area (Å²) in [6.45, 7) is 2.05. The fourth-order valence-corrected chi connectivity index (χ4v) is 1.93. The predicted molar refractivity (Wildman–Crippen MR) is 54.9 cm³/mol. The van der Waals surface area contributed by atoms with Crippen LogP contribution in [-0.4, -0.2) is 34.3 Å². The van der Waals surface area contributed by atoms with E-state index < -0.39 is 5.97 Å². The largest absolute Gasteiger partial charge is 0.481 e. The van der Waals surface area contributed by atoms with Gasteiger partial charge in [-0.1, -0.05) is 5.16 Å². The van der Waals surface area contributed by atoms with E-state index in [-0.39, 0.29) is 12.3 Å². The Morgan fingerprint density at radius 2 is 2.50 bits per heavy atom. The van der Waals surface area contributed by atoms with Gasteiger partial charge in [0.1, 0.15) is 6.42 Å². The van der Waals surface area contributed by atoms with Gasteiger partial charge in [-0.3, -0.25) is 4.79 Å². The number of hydrogen-bond acceptors (Lipinski definition) is 5. The molecule has 1 atom stereocenters. The van der Waals surface area contributed by atoms with E-state index in [1.165, 1.54) is 6.42 Å². The van der Waals surface area contributed by atoms with Crippen molar-refractivity contribution in [3.63, 3.8) is 0 Å². The van der Waals surface area contributed by atoms with Gasteiger partial charge in [-0.2, -0.15) is 4.98 Å². The quantitative estimate of drug-likeness (QED) is 0.763. The first-order chi connectivity index (χ1) is 7.74. The van der Waals surface area contributed by atoms with Crippen molar-refractivity contribution >= 4 is 5.97 Å². The van der Waals surface area contributed by atoms with Crippen LogP contribution in [0.4, 0.5) is 0 Å². The maximum absolute atomic E-state index is 10.4. The number of aromatic nitrogens is 2. The van der Waals surface area contributed by atoms with Crippen LogP contribution in [0.1, 0.15) is 24.6 Å². The van der Waals surface area contributed by atoms with Crippen LogP contribution in [0.3, 0.4) is 0 Å². The zero-order valence-electron chi connectivity index (χ0n) is 8.98. The number of carboxylic acid groups (broad SMARTS) is 1. The molecule has 1 saturated heterocycles. The molecule has 0 amide bonds. The smallest absolute Gasteiger partial charge is 0.312 e. The first-order valence-corrected chi connectivity index (χ1v) is 5.48. The zero-order chi connectivity index (χ0) is 11.4. The summed E-state index contributed by atoms with van der Waals surface area (Å²) >= 11 is 0. The van der Waals surface area contributed by atoms with Crippen molar-refractivity contribution in [3.8, 4) is 0 Å². The molecule has 88 valence electrons. The summed E-state index contributed by atoms with van der Waals surface area (Å²) in [7, 11) is 0. The minimum Gasteiger partial charge on any atom is -0.481 e. The van der Waals surface area contributed by atoms with E-state index in [0.717, 1.165) is 25.9 Å². The van der Waals surface area contributed by atoms with Gasteiger partial charge in [0.05, 0.1) is 0 Å². The van der Waals surface area contributed by atoms with Crippen molar-refractivity contribution < 1.29 is 14.4 Å². The lowest BCUT2D eigenvalue weighted by Gasteiger charge is -2.20. The number of aliphatic carboxylic acids is 1. The molecule has 0 aliphatic carbocycles. The van der Waals surface area contributed by atoms with Gasteiger partial charge in [0, 0.05) is 6.42 Å². The van der Waals surface area contributed by atoms with Gasteiger partial charge in [0.2, 0.25) is 5.89 Å². The lowest BCUT2D eigenvalue weighted by Crippen LogP contribution is -2.31. The van der Waals surface area contributed by atoms with Crippen molar-refractivity contribution in [2.24, 2.45) is 5.92 Å². The number of piperidine rings is 1. The highest BCUT2D eigenvalue weighted by atomic mass is 16.5. The highest BCUT2D eigenvalue weighted by Gasteiger charge is 2.17. The molecule has 0 radical (unpaired) electrons. The van der Waals surface area contributed by atoms with E-state index in [1.54, 1.807) is 0 Å². The normalized spacial score (nSPS) is 20.9. The number of nitrogens with one attached hydrogen (secondary N) is 1. The van der Waals surface area contributed by atoms with E-state index in [9.17, 15) is 4.79 Å². The summed E-state index contributed by atoms with van der Waals surface area (Å²) in [5.74, 6) is 0.384. The molecule has 1 aromatic heterocycles. The molecule has 0 saturated carbocycles. The standard InChI is InChI=1S/C10H15N3O3/c14-10(15)5-9-12-8(13-16-9)4-7-2-1-3-11-6-7/h7,11H,1-6H2,(H,14,15). The summed E-state index contributed by atoms with van der Waals surface area (Å²) in [6, 6.07) is 0. The molecule has 1 unspecified atom stereocenters. The van der Waals surface area contributed by atoms with Crippen molar-refractivity contribution in [2.75, 3.05) is 13.1 Å². The maximum atomic E-state index is 10.4. The van der Waals surface area contributed by atoms with Crippen LogP contribution < -0.4 is 5.32 Å². The van der Waals surface area contributed by atoms with Crippen molar-refractivity contribution in [1.82, 2.24) is 15.5 Å². The monoisotopic (exact) mass is 225 g/mol. The summed E-state index contributed by atoms with van der Waals surface area (Å²) in [5, 5.41) is 15.7. The molecule has 1 aromatic rings. The first kappa shape index (κ1) is 11.1. The van der Waals surface area contributed by atoms with Crippen LogP contribution in [0.25, 0.3) is 0 Å². The van der Waals surface area contributed by atoms with Gasteiger partial charge in [0.25, 0.3) is 0 Å². The Morgan fingerprint density at radius 1 is 1.62 bits per heavy atom. The molecule has 1 fully saturated rings. The van der Waals surface area contributed by atoms with E-state index >= 15 is 0 Å². The van der Waals surface area contributed by atoms with E-state index in [0.29, 0.717) is 11.7 Å². The second-order valence-corrected chi connectivity index (χ2v) is 4.09. The lowest BCUT2D eigenvalue weighted by atomic mass is 9.96.